The van der Waals surface area contributed by atoms with E-state index in [0.717, 1.165) is 22.5 Å². The standard InChI is InChI=1S/C16H16BrN5/c1-11-8-15(22-16(20-11)18-10-19-22)21(14-6-7-14)9-12-2-4-13(17)5-3-12/h2-5,8,10,14H,6-7,9H2,1H3. The summed E-state index contributed by atoms with van der Waals surface area (Å²) in [5.41, 5.74) is 2.26. The Balaban J connectivity index is 1.74. The Morgan fingerprint density at radius 1 is 1.27 bits per heavy atom. The van der Waals surface area contributed by atoms with Crippen LogP contribution in [0.15, 0.2) is 41.1 Å². The van der Waals surface area contributed by atoms with Crippen LogP contribution in [0.5, 0.6) is 0 Å². The quantitative estimate of drug-likeness (QED) is 0.718. The molecular formula is C16H16BrN5. The van der Waals surface area contributed by atoms with E-state index in [1.165, 1.54) is 18.4 Å². The van der Waals surface area contributed by atoms with Crippen LogP contribution in [0.2, 0.25) is 0 Å². The number of hydrogen-bond donors (Lipinski definition) is 0. The summed E-state index contributed by atoms with van der Waals surface area (Å²) in [6, 6.07) is 11.2. The highest BCUT2D eigenvalue weighted by Crippen LogP contribution is 2.33. The number of nitrogens with zero attached hydrogens (tertiary/aromatic N) is 5. The van der Waals surface area contributed by atoms with Crippen molar-refractivity contribution >= 4 is 27.5 Å². The number of hydrogen-bond acceptors (Lipinski definition) is 4. The van der Waals surface area contributed by atoms with Crippen LogP contribution >= 0.6 is 15.9 Å². The van der Waals surface area contributed by atoms with Crippen LogP contribution in [0.1, 0.15) is 24.1 Å². The van der Waals surface area contributed by atoms with Crippen LogP contribution in [-0.4, -0.2) is 25.6 Å². The lowest BCUT2D eigenvalue weighted by Crippen LogP contribution is -2.27. The number of benzene rings is 1. The number of aryl methyl sites for hydroxylation is 1. The first kappa shape index (κ1) is 13.7. The minimum atomic E-state index is 0.581. The van der Waals surface area contributed by atoms with Gasteiger partial charge in [-0.05, 0) is 37.5 Å². The third-order valence-corrected chi connectivity index (χ3v) is 4.44. The van der Waals surface area contributed by atoms with E-state index >= 15 is 0 Å². The minimum Gasteiger partial charge on any atom is -0.349 e. The van der Waals surface area contributed by atoms with Crippen molar-refractivity contribution in [3.63, 3.8) is 0 Å². The van der Waals surface area contributed by atoms with Gasteiger partial charge in [-0.25, -0.2) is 4.98 Å². The third kappa shape index (κ3) is 2.59. The van der Waals surface area contributed by atoms with Crippen LogP contribution in [0.3, 0.4) is 0 Å². The zero-order valence-corrected chi connectivity index (χ0v) is 13.9. The fourth-order valence-corrected chi connectivity index (χ4v) is 2.95. The fraction of sp³-hybridized carbons (Fsp3) is 0.312. The number of aromatic nitrogens is 4. The molecule has 1 aromatic carbocycles. The molecule has 1 saturated carbocycles. The van der Waals surface area contributed by atoms with E-state index in [-0.39, 0.29) is 0 Å². The minimum absolute atomic E-state index is 0.581. The van der Waals surface area contributed by atoms with Gasteiger partial charge >= 0.3 is 0 Å². The molecular weight excluding hydrogens is 342 g/mol. The zero-order valence-electron chi connectivity index (χ0n) is 12.3. The summed E-state index contributed by atoms with van der Waals surface area (Å²) < 4.78 is 2.94. The highest BCUT2D eigenvalue weighted by Gasteiger charge is 2.31. The molecule has 0 aliphatic heterocycles. The van der Waals surface area contributed by atoms with E-state index in [1.54, 1.807) is 6.33 Å². The summed E-state index contributed by atoms with van der Waals surface area (Å²) in [4.78, 5) is 11.1. The Hall–Kier alpha value is -1.95. The summed E-state index contributed by atoms with van der Waals surface area (Å²) in [5, 5.41) is 4.34. The molecule has 2 aromatic heterocycles. The predicted molar refractivity (Wildman–Crippen MR) is 88.9 cm³/mol. The molecule has 6 heteroatoms. The molecule has 1 aliphatic carbocycles. The molecule has 1 fully saturated rings. The van der Waals surface area contributed by atoms with Gasteiger partial charge in [-0.2, -0.15) is 14.6 Å². The Bertz CT molecular complexity index is 807. The largest absolute Gasteiger partial charge is 0.349 e. The second kappa shape index (κ2) is 5.35. The highest BCUT2D eigenvalue weighted by atomic mass is 79.9. The first-order valence-corrected chi connectivity index (χ1v) is 8.18. The van der Waals surface area contributed by atoms with Crippen LogP contribution < -0.4 is 4.90 Å². The lowest BCUT2D eigenvalue weighted by Gasteiger charge is -2.25. The van der Waals surface area contributed by atoms with Gasteiger partial charge in [-0.15, -0.1) is 0 Å². The third-order valence-electron chi connectivity index (χ3n) is 3.91. The van der Waals surface area contributed by atoms with Gasteiger partial charge in [0.05, 0.1) is 0 Å². The molecule has 0 spiro atoms. The molecule has 0 amide bonds. The normalized spacial score (nSPS) is 14.5. The fourth-order valence-electron chi connectivity index (χ4n) is 2.69. The average molecular weight is 358 g/mol. The van der Waals surface area contributed by atoms with Gasteiger partial charge in [-0.1, -0.05) is 28.1 Å². The lowest BCUT2D eigenvalue weighted by molar-refractivity contribution is 0.745. The lowest BCUT2D eigenvalue weighted by atomic mass is 10.2. The van der Waals surface area contributed by atoms with Crippen LogP contribution in [0.4, 0.5) is 5.82 Å². The van der Waals surface area contributed by atoms with E-state index in [9.17, 15) is 0 Å². The molecule has 0 radical (unpaired) electrons. The predicted octanol–water partition coefficient (Wildman–Crippen LogP) is 3.36. The zero-order chi connectivity index (χ0) is 15.1. The second-order valence-electron chi connectivity index (χ2n) is 5.71. The highest BCUT2D eigenvalue weighted by molar-refractivity contribution is 9.10. The number of anilines is 1. The summed E-state index contributed by atoms with van der Waals surface area (Å²) in [6.45, 7) is 2.87. The van der Waals surface area contributed by atoms with Crippen molar-refractivity contribution in [2.75, 3.05) is 4.90 Å². The van der Waals surface area contributed by atoms with Gasteiger partial charge in [0.1, 0.15) is 12.1 Å². The smallest absolute Gasteiger partial charge is 0.254 e. The Morgan fingerprint density at radius 3 is 2.77 bits per heavy atom. The summed E-state index contributed by atoms with van der Waals surface area (Å²) in [7, 11) is 0. The van der Waals surface area contributed by atoms with Crippen molar-refractivity contribution in [3.05, 3.63) is 52.4 Å². The molecule has 112 valence electrons. The molecule has 0 saturated heterocycles. The number of rotatable bonds is 4. The van der Waals surface area contributed by atoms with E-state index in [0.29, 0.717) is 11.8 Å². The summed E-state index contributed by atoms with van der Waals surface area (Å²) in [6.07, 6.45) is 4.03. The Labute approximate surface area is 137 Å². The van der Waals surface area contributed by atoms with Gasteiger partial charge in [0.15, 0.2) is 0 Å². The van der Waals surface area contributed by atoms with Crippen molar-refractivity contribution in [2.24, 2.45) is 0 Å². The van der Waals surface area contributed by atoms with Crippen LogP contribution in [0.25, 0.3) is 5.78 Å². The molecule has 0 unspecified atom stereocenters. The average Bonchev–Trinajstić information content (AvgIpc) is 3.24. The van der Waals surface area contributed by atoms with E-state index in [2.05, 4.69) is 66.2 Å². The molecule has 0 N–H and O–H groups in total. The Kier molecular flexibility index (Phi) is 3.33. The molecule has 2 heterocycles. The van der Waals surface area contributed by atoms with Crippen molar-refractivity contribution < 1.29 is 0 Å². The maximum Gasteiger partial charge on any atom is 0.254 e. The van der Waals surface area contributed by atoms with Crippen LogP contribution in [0, 0.1) is 6.92 Å². The first-order chi connectivity index (χ1) is 10.7. The van der Waals surface area contributed by atoms with E-state index in [4.69, 9.17) is 0 Å². The van der Waals surface area contributed by atoms with Crippen LogP contribution in [-0.2, 0) is 6.54 Å². The van der Waals surface area contributed by atoms with Gasteiger partial charge < -0.3 is 4.90 Å². The van der Waals surface area contributed by atoms with Crippen molar-refractivity contribution in [1.82, 2.24) is 19.6 Å². The first-order valence-electron chi connectivity index (χ1n) is 7.39. The molecule has 5 nitrogen and oxygen atoms in total. The van der Waals surface area contributed by atoms with Crippen molar-refractivity contribution in [2.45, 2.75) is 32.4 Å². The monoisotopic (exact) mass is 357 g/mol. The Morgan fingerprint density at radius 2 is 2.05 bits per heavy atom. The van der Waals surface area contributed by atoms with Crippen molar-refractivity contribution in [3.8, 4) is 0 Å². The molecule has 22 heavy (non-hydrogen) atoms. The van der Waals surface area contributed by atoms with E-state index in [1.807, 2.05) is 11.4 Å². The topological polar surface area (TPSA) is 46.3 Å². The van der Waals surface area contributed by atoms with Crippen molar-refractivity contribution in [1.29, 1.82) is 0 Å². The summed E-state index contributed by atoms with van der Waals surface area (Å²) >= 11 is 3.49. The summed E-state index contributed by atoms with van der Waals surface area (Å²) in [5.74, 6) is 1.74. The number of fused-ring (bicyclic) bond motifs is 1. The molecule has 4 rings (SSSR count). The molecule has 0 bridgehead atoms. The van der Waals surface area contributed by atoms with Gasteiger partial charge in [0.25, 0.3) is 5.78 Å². The van der Waals surface area contributed by atoms with E-state index < -0.39 is 0 Å². The molecule has 3 aromatic rings. The SMILES string of the molecule is Cc1cc(N(Cc2ccc(Br)cc2)C2CC2)n2ncnc2n1. The molecule has 1 aliphatic rings. The van der Waals surface area contributed by atoms with Gasteiger partial charge in [0.2, 0.25) is 0 Å². The second-order valence-corrected chi connectivity index (χ2v) is 6.63. The van der Waals surface area contributed by atoms with Gasteiger partial charge in [0, 0.05) is 28.8 Å². The maximum absolute atomic E-state index is 4.43. The maximum atomic E-state index is 4.43. The number of halogens is 1. The van der Waals surface area contributed by atoms with Gasteiger partial charge in [-0.3, -0.25) is 0 Å². The molecule has 0 atom stereocenters.